The van der Waals surface area contributed by atoms with Crippen LogP contribution >= 0.6 is 11.8 Å². The summed E-state index contributed by atoms with van der Waals surface area (Å²) in [7, 11) is 0. The highest BCUT2D eigenvalue weighted by Crippen LogP contribution is 2.21. The van der Waals surface area contributed by atoms with E-state index >= 15 is 0 Å². The zero-order valence-corrected chi connectivity index (χ0v) is 11.0. The van der Waals surface area contributed by atoms with E-state index in [9.17, 15) is 4.79 Å². The minimum absolute atomic E-state index is 0.310. The van der Waals surface area contributed by atoms with Gasteiger partial charge in [-0.15, -0.1) is 0 Å². The first kappa shape index (κ1) is 13.7. The number of hydrogen-bond acceptors (Lipinski definition) is 4. The molecular weight excluding hydrogens is 234 g/mol. The lowest BCUT2D eigenvalue weighted by atomic mass is 10.1. The van der Waals surface area contributed by atoms with E-state index in [1.165, 1.54) is 0 Å². The summed E-state index contributed by atoms with van der Waals surface area (Å²) in [5.41, 5.74) is 12.9. The van der Waals surface area contributed by atoms with Gasteiger partial charge in [0.2, 0.25) is 0 Å². The molecule has 0 saturated carbocycles. The second kappa shape index (κ2) is 6.39. The van der Waals surface area contributed by atoms with Gasteiger partial charge in [0.25, 0.3) is 5.91 Å². The van der Waals surface area contributed by atoms with Gasteiger partial charge in [-0.2, -0.15) is 11.8 Å². The Morgan fingerprint density at radius 3 is 2.76 bits per heavy atom. The molecule has 0 fully saturated rings. The molecule has 0 saturated heterocycles. The number of primary amides is 1. The molecule has 1 atom stereocenters. The molecule has 1 aromatic carbocycles. The summed E-state index contributed by atoms with van der Waals surface area (Å²) in [6.07, 6.45) is 3.03. The highest BCUT2D eigenvalue weighted by atomic mass is 32.2. The van der Waals surface area contributed by atoms with Crippen LogP contribution in [0.3, 0.4) is 0 Å². The van der Waals surface area contributed by atoms with Gasteiger partial charge in [-0.3, -0.25) is 4.79 Å². The number of hydrogen-bond donors (Lipinski definition) is 3. The Labute approximate surface area is 106 Å². The number of anilines is 2. The third kappa shape index (κ3) is 3.85. The van der Waals surface area contributed by atoms with E-state index in [4.69, 9.17) is 11.5 Å². The number of carbonyl (C=O) groups excluding carboxylic acids is 1. The molecule has 4 nitrogen and oxygen atoms in total. The molecule has 5 N–H and O–H groups in total. The second-order valence-electron chi connectivity index (χ2n) is 3.87. The molecule has 0 heterocycles. The van der Waals surface area contributed by atoms with E-state index in [2.05, 4.69) is 18.5 Å². The van der Waals surface area contributed by atoms with Crippen LogP contribution in [-0.2, 0) is 0 Å². The molecule has 17 heavy (non-hydrogen) atoms. The van der Waals surface area contributed by atoms with Gasteiger partial charge in [-0.05, 0) is 30.9 Å². The Bertz CT molecular complexity index is 395. The van der Waals surface area contributed by atoms with E-state index in [1.54, 1.807) is 30.0 Å². The van der Waals surface area contributed by atoms with Crippen LogP contribution in [-0.4, -0.2) is 24.0 Å². The van der Waals surface area contributed by atoms with Crippen molar-refractivity contribution in [2.75, 3.05) is 23.1 Å². The summed E-state index contributed by atoms with van der Waals surface area (Å²) in [6, 6.07) is 5.40. The minimum atomic E-state index is -0.438. The molecule has 0 aliphatic rings. The molecule has 94 valence electrons. The normalized spacial score (nSPS) is 12.1. The highest BCUT2D eigenvalue weighted by molar-refractivity contribution is 7.98. The number of thioether (sulfide) groups is 1. The molecule has 0 bridgehead atoms. The number of amides is 1. The summed E-state index contributed by atoms with van der Waals surface area (Å²) in [6.45, 7) is 2.10. The fourth-order valence-electron chi connectivity index (χ4n) is 1.58. The lowest BCUT2D eigenvalue weighted by molar-refractivity contribution is 0.100. The van der Waals surface area contributed by atoms with Crippen molar-refractivity contribution >= 4 is 29.0 Å². The first-order chi connectivity index (χ1) is 8.08. The van der Waals surface area contributed by atoms with Crippen LogP contribution in [0.15, 0.2) is 18.2 Å². The van der Waals surface area contributed by atoms with Gasteiger partial charge >= 0.3 is 0 Å². The summed E-state index contributed by atoms with van der Waals surface area (Å²) < 4.78 is 0. The van der Waals surface area contributed by atoms with Crippen LogP contribution in [0.4, 0.5) is 11.4 Å². The standard InChI is InChI=1S/C12H19N3OS/c1-3-9(7-17-2)15-11-6-8(13)4-5-10(11)12(14)16/h4-6,9,15H,3,7,13H2,1-2H3,(H2,14,16). The Hall–Kier alpha value is -1.36. The monoisotopic (exact) mass is 253 g/mol. The number of rotatable bonds is 6. The van der Waals surface area contributed by atoms with Crippen molar-refractivity contribution in [1.82, 2.24) is 0 Å². The van der Waals surface area contributed by atoms with Crippen molar-refractivity contribution in [3.63, 3.8) is 0 Å². The van der Waals surface area contributed by atoms with Crippen molar-refractivity contribution in [2.24, 2.45) is 5.73 Å². The van der Waals surface area contributed by atoms with Gasteiger partial charge in [-0.1, -0.05) is 6.92 Å². The molecule has 1 amide bonds. The maximum absolute atomic E-state index is 11.3. The fraction of sp³-hybridized carbons (Fsp3) is 0.417. The topological polar surface area (TPSA) is 81.1 Å². The highest BCUT2D eigenvalue weighted by Gasteiger charge is 2.12. The van der Waals surface area contributed by atoms with Crippen LogP contribution in [0, 0.1) is 0 Å². The Morgan fingerprint density at radius 2 is 2.24 bits per heavy atom. The largest absolute Gasteiger partial charge is 0.399 e. The van der Waals surface area contributed by atoms with Crippen molar-refractivity contribution in [3.8, 4) is 0 Å². The number of nitrogens with one attached hydrogen (secondary N) is 1. The lowest BCUT2D eigenvalue weighted by Crippen LogP contribution is -2.24. The molecule has 5 heteroatoms. The van der Waals surface area contributed by atoms with Crippen LogP contribution in [0.2, 0.25) is 0 Å². The molecular formula is C12H19N3OS. The van der Waals surface area contributed by atoms with E-state index in [1.807, 2.05) is 0 Å². The zero-order chi connectivity index (χ0) is 12.8. The molecule has 0 aromatic heterocycles. The van der Waals surface area contributed by atoms with Gasteiger partial charge in [0.1, 0.15) is 0 Å². The van der Waals surface area contributed by atoms with Crippen molar-refractivity contribution in [1.29, 1.82) is 0 Å². The average molecular weight is 253 g/mol. The molecule has 0 aliphatic carbocycles. The SMILES string of the molecule is CCC(CSC)Nc1cc(N)ccc1C(N)=O. The summed E-state index contributed by atoms with van der Waals surface area (Å²) in [5.74, 6) is 0.537. The van der Waals surface area contributed by atoms with Crippen LogP contribution in [0.5, 0.6) is 0 Å². The maximum Gasteiger partial charge on any atom is 0.250 e. The first-order valence-electron chi connectivity index (χ1n) is 5.53. The number of nitrogen functional groups attached to an aromatic ring is 1. The van der Waals surface area contributed by atoms with Gasteiger partial charge in [0.05, 0.1) is 5.56 Å². The lowest BCUT2D eigenvalue weighted by Gasteiger charge is -2.19. The van der Waals surface area contributed by atoms with Gasteiger partial charge < -0.3 is 16.8 Å². The molecule has 0 aliphatic heterocycles. The third-order valence-electron chi connectivity index (χ3n) is 2.53. The predicted molar refractivity (Wildman–Crippen MR) is 75.5 cm³/mol. The van der Waals surface area contributed by atoms with Gasteiger partial charge in [0, 0.05) is 23.2 Å². The number of carbonyl (C=O) groups is 1. The average Bonchev–Trinajstić information content (AvgIpc) is 2.28. The van der Waals surface area contributed by atoms with Crippen LogP contribution in [0.25, 0.3) is 0 Å². The maximum atomic E-state index is 11.3. The quantitative estimate of drug-likeness (QED) is 0.677. The Kier molecular flexibility index (Phi) is 5.15. The smallest absolute Gasteiger partial charge is 0.250 e. The fourth-order valence-corrected chi connectivity index (χ4v) is 2.30. The summed E-state index contributed by atoms with van der Waals surface area (Å²) in [4.78, 5) is 11.3. The summed E-state index contributed by atoms with van der Waals surface area (Å²) in [5, 5.41) is 3.32. The zero-order valence-electron chi connectivity index (χ0n) is 10.2. The number of nitrogens with two attached hydrogens (primary N) is 2. The molecule has 0 spiro atoms. The minimum Gasteiger partial charge on any atom is -0.399 e. The second-order valence-corrected chi connectivity index (χ2v) is 4.78. The molecule has 1 unspecified atom stereocenters. The Morgan fingerprint density at radius 1 is 1.53 bits per heavy atom. The van der Waals surface area contributed by atoms with Crippen molar-refractivity contribution in [2.45, 2.75) is 19.4 Å². The predicted octanol–water partition coefficient (Wildman–Crippen LogP) is 1.92. The van der Waals surface area contributed by atoms with E-state index < -0.39 is 5.91 Å². The van der Waals surface area contributed by atoms with Crippen molar-refractivity contribution < 1.29 is 4.79 Å². The van der Waals surface area contributed by atoms with E-state index in [0.717, 1.165) is 17.9 Å². The Balaban J connectivity index is 2.94. The molecule has 1 aromatic rings. The van der Waals surface area contributed by atoms with E-state index in [0.29, 0.717) is 17.3 Å². The first-order valence-corrected chi connectivity index (χ1v) is 6.92. The number of benzene rings is 1. The van der Waals surface area contributed by atoms with Gasteiger partial charge in [0.15, 0.2) is 0 Å². The molecule has 1 rings (SSSR count). The summed E-state index contributed by atoms with van der Waals surface area (Å²) >= 11 is 1.76. The van der Waals surface area contributed by atoms with Crippen LogP contribution < -0.4 is 16.8 Å². The third-order valence-corrected chi connectivity index (χ3v) is 3.27. The van der Waals surface area contributed by atoms with Crippen molar-refractivity contribution in [3.05, 3.63) is 23.8 Å². The van der Waals surface area contributed by atoms with Crippen LogP contribution in [0.1, 0.15) is 23.7 Å². The van der Waals surface area contributed by atoms with E-state index in [-0.39, 0.29) is 0 Å². The van der Waals surface area contributed by atoms with Gasteiger partial charge in [-0.25, -0.2) is 0 Å². The molecule has 0 radical (unpaired) electrons.